The Morgan fingerprint density at radius 2 is 2.00 bits per heavy atom. The lowest BCUT2D eigenvalue weighted by atomic mass is 10.0. The largest absolute Gasteiger partial charge is 0.495 e. The van der Waals surface area contributed by atoms with E-state index in [1.165, 1.54) is 17.7 Å². The zero-order valence-corrected chi connectivity index (χ0v) is 19.4. The number of carbonyl (C=O) groups excluding carboxylic acids is 1. The van der Waals surface area contributed by atoms with Crippen LogP contribution in [0.25, 0.3) is 5.69 Å². The lowest BCUT2D eigenvalue weighted by molar-refractivity contribution is 0.0731. The summed E-state index contributed by atoms with van der Waals surface area (Å²) in [4.78, 5) is 32.8. The minimum atomic E-state index is -0.244. The molecule has 1 aromatic heterocycles. The van der Waals surface area contributed by atoms with Crippen molar-refractivity contribution in [3.05, 3.63) is 79.7 Å². The van der Waals surface area contributed by atoms with Crippen molar-refractivity contribution in [3.8, 4) is 11.4 Å². The van der Waals surface area contributed by atoms with Crippen LogP contribution in [0, 0.1) is 0 Å². The molecule has 0 atom stereocenters. The number of ether oxygens (including phenoxy) is 1. The minimum absolute atomic E-state index is 0.138. The van der Waals surface area contributed by atoms with Gasteiger partial charge in [-0.3, -0.25) is 9.59 Å². The third-order valence-electron chi connectivity index (χ3n) is 5.41. The second-order valence-electron chi connectivity index (χ2n) is 7.43. The van der Waals surface area contributed by atoms with E-state index in [0.717, 1.165) is 0 Å². The highest BCUT2D eigenvalue weighted by atomic mass is 35.5. The maximum atomic E-state index is 13.5. The molecule has 0 saturated heterocycles. The summed E-state index contributed by atoms with van der Waals surface area (Å²) in [5, 5.41) is 13.0. The normalized spacial score (nSPS) is 12.9. The molecule has 8 nitrogen and oxygen atoms in total. The summed E-state index contributed by atoms with van der Waals surface area (Å²) in [5.74, 6) is 0.557. The van der Waals surface area contributed by atoms with Gasteiger partial charge in [-0.1, -0.05) is 35.3 Å². The summed E-state index contributed by atoms with van der Waals surface area (Å²) < 4.78 is 6.88. The molecule has 10 heteroatoms. The van der Waals surface area contributed by atoms with E-state index in [1.54, 1.807) is 35.2 Å². The number of para-hydroxylation sites is 2. The number of anilines is 1. The van der Waals surface area contributed by atoms with Gasteiger partial charge in [-0.2, -0.15) is 0 Å². The topological polar surface area (TPSA) is 96.7 Å². The Balaban J connectivity index is 1.74. The number of amides is 1. The molecule has 2 aromatic carbocycles. The maximum Gasteiger partial charge on any atom is 0.263 e. The van der Waals surface area contributed by atoms with Gasteiger partial charge in [-0.25, -0.2) is 9.55 Å². The van der Waals surface area contributed by atoms with Crippen molar-refractivity contribution in [2.45, 2.75) is 13.0 Å². The van der Waals surface area contributed by atoms with Gasteiger partial charge in [0.25, 0.3) is 11.5 Å². The van der Waals surface area contributed by atoms with Crippen LogP contribution in [-0.2, 0) is 13.0 Å². The number of nitrogens with zero attached hydrogens (tertiary/aromatic N) is 3. The Morgan fingerprint density at radius 1 is 1.21 bits per heavy atom. The van der Waals surface area contributed by atoms with E-state index >= 15 is 0 Å². The summed E-state index contributed by atoms with van der Waals surface area (Å²) in [7, 11) is 1.53. The molecule has 2 heterocycles. The molecule has 0 aliphatic carbocycles. The Morgan fingerprint density at radius 3 is 2.73 bits per heavy atom. The van der Waals surface area contributed by atoms with Gasteiger partial charge in [0.1, 0.15) is 5.75 Å². The van der Waals surface area contributed by atoms with Gasteiger partial charge in [0.05, 0.1) is 41.7 Å². The first kappa shape index (κ1) is 23.1. The molecule has 1 aliphatic rings. The van der Waals surface area contributed by atoms with Crippen molar-refractivity contribution in [3.63, 3.8) is 0 Å². The van der Waals surface area contributed by atoms with Crippen molar-refractivity contribution in [1.29, 1.82) is 0 Å². The van der Waals surface area contributed by atoms with Crippen LogP contribution in [0.15, 0.2) is 47.3 Å². The second kappa shape index (κ2) is 9.82. The van der Waals surface area contributed by atoms with Crippen molar-refractivity contribution < 1.29 is 14.6 Å². The van der Waals surface area contributed by atoms with Gasteiger partial charge >= 0.3 is 0 Å². The first-order valence-corrected chi connectivity index (χ1v) is 11.1. The van der Waals surface area contributed by atoms with E-state index in [0.29, 0.717) is 51.3 Å². The Labute approximate surface area is 200 Å². The molecule has 172 valence electrons. The van der Waals surface area contributed by atoms with Gasteiger partial charge in [0, 0.05) is 24.2 Å². The lowest BCUT2D eigenvalue weighted by Crippen LogP contribution is -2.41. The van der Waals surface area contributed by atoms with Crippen LogP contribution >= 0.6 is 23.2 Å². The van der Waals surface area contributed by atoms with E-state index in [9.17, 15) is 14.7 Å². The van der Waals surface area contributed by atoms with Crippen LogP contribution in [0.3, 0.4) is 0 Å². The second-order valence-corrected chi connectivity index (χ2v) is 8.24. The molecule has 0 bridgehead atoms. The number of nitrogens with one attached hydrogen (secondary N) is 1. The van der Waals surface area contributed by atoms with E-state index in [1.807, 2.05) is 6.07 Å². The highest BCUT2D eigenvalue weighted by Crippen LogP contribution is 2.27. The average Bonchev–Trinajstić information content (AvgIpc) is 2.83. The van der Waals surface area contributed by atoms with Gasteiger partial charge in [-0.05, 0) is 36.8 Å². The number of benzene rings is 2. The van der Waals surface area contributed by atoms with E-state index < -0.39 is 0 Å². The summed E-state index contributed by atoms with van der Waals surface area (Å²) >= 11 is 12.0. The van der Waals surface area contributed by atoms with Gasteiger partial charge < -0.3 is 20.1 Å². The van der Waals surface area contributed by atoms with Crippen molar-refractivity contribution >= 4 is 35.1 Å². The van der Waals surface area contributed by atoms with Crippen LogP contribution in [0.4, 0.5) is 5.95 Å². The first-order valence-electron chi connectivity index (χ1n) is 10.3. The molecule has 0 fully saturated rings. The van der Waals surface area contributed by atoms with Crippen molar-refractivity contribution in [2.24, 2.45) is 0 Å². The highest BCUT2D eigenvalue weighted by molar-refractivity contribution is 6.42. The number of aliphatic hydroxyl groups is 1. The lowest BCUT2D eigenvalue weighted by Gasteiger charge is -2.29. The molecule has 1 amide bonds. The fourth-order valence-corrected chi connectivity index (χ4v) is 4.10. The van der Waals surface area contributed by atoms with Gasteiger partial charge in [0.15, 0.2) is 0 Å². The summed E-state index contributed by atoms with van der Waals surface area (Å²) in [5.41, 5.74) is 1.75. The number of aromatic nitrogens is 2. The average molecular weight is 489 g/mol. The number of halogens is 2. The van der Waals surface area contributed by atoms with Gasteiger partial charge in [0.2, 0.25) is 5.95 Å². The standard InChI is InChI=1S/C23H22Cl2N4O4/c1-33-20-5-3-2-4-19(20)29-22(32)15-8-10-28(13-18(15)27-23(29)26-9-11-30)21(31)14-6-7-16(24)17(25)12-14/h2-7,12,30H,8-11,13H2,1H3,(H,26,27). The van der Waals surface area contributed by atoms with Crippen LogP contribution < -0.4 is 15.6 Å². The summed E-state index contributed by atoms with van der Waals surface area (Å²) in [6, 6.07) is 11.9. The zero-order valence-electron chi connectivity index (χ0n) is 17.8. The third-order valence-corrected chi connectivity index (χ3v) is 6.15. The van der Waals surface area contributed by atoms with Crippen LogP contribution in [0.1, 0.15) is 21.6 Å². The van der Waals surface area contributed by atoms with Crippen LogP contribution in [0.5, 0.6) is 5.75 Å². The maximum absolute atomic E-state index is 13.5. The van der Waals surface area contributed by atoms with E-state index in [4.69, 9.17) is 27.9 Å². The monoisotopic (exact) mass is 488 g/mol. The molecule has 0 radical (unpaired) electrons. The van der Waals surface area contributed by atoms with Crippen LogP contribution in [0.2, 0.25) is 10.0 Å². The highest BCUT2D eigenvalue weighted by Gasteiger charge is 2.28. The van der Waals surface area contributed by atoms with Crippen molar-refractivity contribution in [1.82, 2.24) is 14.5 Å². The van der Waals surface area contributed by atoms with Gasteiger partial charge in [-0.15, -0.1) is 0 Å². The minimum Gasteiger partial charge on any atom is -0.495 e. The predicted octanol–water partition coefficient (Wildman–Crippen LogP) is 3.15. The Hall–Kier alpha value is -3.07. The molecule has 33 heavy (non-hydrogen) atoms. The number of carbonyl (C=O) groups is 1. The number of rotatable bonds is 6. The fourth-order valence-electron chi connectivity index (χ4n) is 3.80. The molecule has 3 aromatic rings. The smallest absolute Gasteiger partial charge is 0.263 e. The van der Waals surface area contributed by atoms with Crippen molar-refractivity contribution in [2.75, 3.05) is 32.1 Å². The quantitative estimate of drug-likeness (QED) is 0.553. The molecule has 4 rings (SSSR count). The number of aliphatic hydroxyl groups excluding tert-OH is 1. The SMILES string of the molecule is COc1ccccc1-n1c(NCCO)nc2c(c1=O)CCN(C(=O)c1ccc(Cl)c(Cl)c1)C2. The zero-order chi connectivity index (χ0) is 23.5. The molecule has 1 aliphatic heterocycles. The molecular weight excluding hydrogens is 467 g/mol. The molecule has 0 spiro atoms. The number of hydrogen-bond donors (Lipinski definition) is 2. The Bertz CT molecular complexity index is 1260. The fraction of sp³-hybridized carbons (Fsp3) is 0.261. The first-order chi connectivity index (χ1) is 15.9. The summed E-state index contributed by atoms with van der Waals surface area (Å²) in [6.45, 7) is 0.593. The summed E-state index contributed by atoms with van der Waals surface area (Å²) in [6.07, 6.45) is 0.351. The predicted molar refractivity (Wildman–Crippen MR) is 127 cm³/mol. The molecular formula is C23H22Cl2N4O4. The number of methoxy groups -OCH3 is 1. The molecule has 2 N–H and O–H groups in total. The van der Waals surface area contributed by atoms with E-state index in [-0.39, 0.29) is 37.1 Å². The van der Waals surface area contributed by atoms with Crippen LogP contribution in [-0.4, -0.2) is 52.3 Å². The number of fused-ring (bicyclic) bond motifs is 1. The molecule has 0 unspecified atom stereocenters. The third kappa shape index (κ3) is 4.55. The Kier molecular flexibility index (Phi) is 6.88. The van der Waals surface area contributed by atoms with E-state index in [2.05, 4.69) is 10.3 Å². The number of hydrogen-bond acceptors (Lipinski definition) is 6. The molecule has 0 saturated carbocycles.